The molecule has 0 aromatic carbocycles. The van der Waals surface area contributed by atoms with Gasteiger partial charge in [-0.3, -0.25) is 4.99 Å². The van der Waals surface area contributed by atoms with Crippen LogP contribution in [0.15, 0.2) is 4.99 Å². The van der Waals surface area contributed by atoms with Gasteiger partial charge in [0.2, 0.25) is 0 Å². The summed E-state index contributed by atoms with van der Waals surface area (Å²) in [6, 6.07) is 0. The van der Waals surface area contributed by atoms with Gasteiger partial charge in [-0.25, -0.2) is 0 Å². The number of aliphatic imine (C=N–C) groups is 1. The lowest BCUT2D eigenvalue weighted by Gasteiger charge is -2.11. The summed E-state index contributed by atoms with van der Waals surface area (Å²) in [7, 11) is 3.45. The zero-order valence-corrected chi connectivity index (χ0v) is 14.2. The first-order chi connectivity index (χ1) is 8.35. The molecule has 0 aromatic heterocycles. The van der Waals surface area contributed by atoms with E-state index in [0.29, 0.717) is 19.8 Å². The monoisotopic (exact) mass is 373 g/mol. The summed E-state index contributed by atoms with van der Waals surface area (Å²) in [6.45, 7) is 5.88. The zero-order valence-electron chi connectivity index (χ0n) is 11.8. The summed E-state index contributed by atoms with van der Waals surface area (Å²) in [5.74, 6) is 0.844. The van der Waals surface area contributed by atoms with Crippen LogP contribution in [0.25, 0.3) is 0 Å². The minimum atomic E-state index is 0. The maximum Gasteiger partial charge on any atom is 0.191 e. The summed E-state index contributed by atoms with van der Waals surface area (Å²) < 4.78 is 10.2. The topological polar surface area (TPSA) is 54.9 Å². The van der Waals surface area contributed by atoms with Crippen molar-refractivity contribution in [2.45, 2.75) is 26.2 Å². The summed E-state index contributed by atoms with van der Waals surface area (Å²) in [4.78, 5) is 4.13. The largest absolute Gasteiger partial charge is 0.382 e. The van der Waals surface area contributed by atoms with Crippen molar-refractivity contribution in [2.24, 2.45) is 4.99 Å². The highest BCUT2D eigenvalue weighted by molar-refractivity contribution is 14.0. The van der Waals surface area contributed by atoms with Crippen molar-refractivity contribution in [1.29, 1.82) is 0 Å². The average Bonchev–Trinajstić information content (AvgIpc) is 2.36. The predicted molar refractivity (Wildman–Crippen MR) is 87.0 cm³/mol. The van der Waals surface area contributed by atoms with Crippen LogP contribution in [0.2, 0.25) is 0 Å². The van der Waals surface area contributed by atoms with Crippen LogP contribution in [0.3, 0.4) is 0 Å². The molecule has 0 radical (unpaired) electrons. The van der Waals surface area contributed by atoms with Crippen molar-refractivity contribution in [1.82, 2.24) is 10.6 Å². The van der Waals surface area contributed by atoms with Crippen molar-refractivity contribution < 1.29 is 9.47 Å². The van der Waals surface area contributed by atoms with E-state index < -0.39 is 0 Å². The molecular formula is C12H28IN3O2. The van der Waals surface area contributed by atoms with Gasteiger partial charge in [-0.15, -0.1) is 24.0 Å². The Morgan fingerprint density at radius 1 is 1.06 bits per heavy atom. The molecule has 0 rings (SSSR count). The standard InChI is InChI=1S/C12H27N3O2.HI/c1-4-5-6-7-14-12(13-2)15-8-9-17-11-10-16-3;/h4-11H2,1-3H3,(H2,13,14,15);1H. The van der Waals surface area contributed by atoms with Gasteiger partial charge in [-0.05, 0) is 6.42 Å². The maximum absolute atomic E-state index is 5.34. The van der Waals surface area contributed by atoms with Crippen molar-refractivity contribution in [3.8, 4) is 0 Å². The first kappa shape index (κ1) is 20.2. The molecule has 5 nitrogen and oxygen atoms in total. The normalized spacial score (nSPS) is 10.9. The van der Waals surface area contributed by atoms with E-state index in [1.807, 2.05) is 0 Å². The van der Waals surface area contributed by atoms with E-state index in [1.165, 1.54) is 19.3 Å². The highest BCUT2D eigenvalue weighted by Crippen LogP contribution is 1.90. The minimum absolute atomic E-state index is 0. The number of nitrogens with one attached hydrogen (secondary N) is 2. The van der Waals surface area contributed by atoms with Crippen LogP contribution in [0, 0.1) is 0 Å². The smallest absolute Gasteiger partial charge is 0.191 e. The SMILES string of the molecule is CCCCCNC(=NC)NCCOCCOC.I. The van der Waals surface area contributed by atoms with Gasteiger partial charge in [0.15, 0.2) is 5.96 Å². The third-order valence-electron chi connectivity index (χ3n) is 2.27. The molecule has 0 saturated heterocycles. The van der Waals surface area contributed by atoms with Gasteiger partial charge in [0.05, 0.1) is 19.8 Å². The van der Waals surface area contributed by atoms with Crippen LogP contribution in [0.4, 0.5) is 0 Å². The molecule has 0 amide bonds. The molecule has 0 fully saturated rings. The second-order valence-electron chi connectivity index (χ2n) is 3.74. The Hall–Kier alpha value is -0.0800. The van der Waals surface area contributed by atoms with Crippen molar-refractivity contribution in [3.63, 3.8) is 0 Å². The highest BCUT2D eigenvalue weighted by Gasteiger charge is 1.95. The van der Waals surface area contributed by atoms with Gasteiger partial charge in [0.25, 0.3) is 0 Å². The number of rotatable bonds is 10. The summed E-state index contributed by atoms with van der Waals surface area (Å²) in [5, 5.41) is 6.46. The number of ether oxygens (including phenoxy) is 2. The Morgan fingerprint density at radius 3 is 2.39 bits per heavy atom. The molecule has 0 saturated carbocycles. The Morgan fingerprint density at radius 2 is 1.78 bits per heavy atom. The van der Waals surface area contributed by atoms with Crippen LogP contribution >= 0.6 is 24.0 Å². The molecule has 18 heavy (non-hydrogen) atoms. The van der Waals surface area contributed by atoms with Crippen LogP contribution in [0.5, 0.6) is 0 Å². The average molecular weight is 373 g/mol. The number of methoxy groups -OCH3 is 1. The second kappa shape index (κ2) is 16.9. The van der Waals surface area contributed by atoms with Crippen LogP contribution in [0.1, 0.15) is 26.2 Å². The summed E-state index contributed by atoms with van der Waals surface area (Å²) in [6.07, 6.45) is 3.67. The van der Waals surface area contributed by atoms with Gasteiger partial charge in [-0.1, -0.05) is 19.8 Å². The van der Waals surface area contributed by atoms with Gasteiger partial charge in [-0.2, -0.15) is 0 Å². The lowest BCUT2D eigenvalue weighted by atomic mass is 10.2. The van der Waals surface area contributed by atoms with Crippen LogP contribution in [-0.4, -0.2) is 53.0 Å². The quantitative estimate of drug-likeness (QED) is 0.265. The number of guanidine groups is 1. The van der Waals surface area contributed by atoms with Gasteiger partial charge >= 0.3 is 0 Å². The van der Waals surface area contributed by atoms with Crippen LogP contribution in [-0.2, 0) is 9.47 Å². The first-order valence-electron chi connectivity index (χ1n) is 6.36. The molecular weight excluding hydrogens is 345 g/mol. The molecule has 0 unspecified atom stereocenters. The van der Waals surface area contributed by atoms with E-state index in [4.69, 9.17) is 9.47 Å². The number of nitrogens with zero attached hydrogens (tertiary/aromatic N) is 1. The molecule has 0 spiro atoms. The number of hydrogen-bond acceptors (Lipinski definition) is 3. The molecule has 0 aliphatic heterocycles. The lowest BCUT2D eigenvalue weighted by molar-refractivity contribution is 0.0733. The number of hydrogen-bond donors (Lipinski definition) is 2. The molecule has 110 valence electrons. The third kappa shape index (κ3) is 14.0. The minimum Gasteiger partial charge on any atom is -0.382 e. The van der Waals surface area contributed by atoms with Gasteiger partial charge in [0, 0.05) is 27.2 Å². The lowest BCUT2D eigenvalue weighted by Crippen LogP contribution is -2.39. The zero-order chi connectivity index (χ0) is 12.8. The Labute approximate surface area is 128 Å². The fourth-order valence-corrected chi connectivity index (χ4v) is 1.29. The molecule has 6 heteroatoms. The van der Waals surface area contributed by atoms with Crippen molar-refractivity contribution in [3.05, 3.63) is 0 Å². The van der Waals surface area contributed by atoms with E-state index >= 15 is 0 Å². The maximum atomic E-state index is 5.34. The van der Waals surface area contributed by atoms with Crippen LogP contribution < -0.4 is 10.6 Å². The molecule has 0 aliphatic carbocycles. The van der Waals surface area contributed by atoms with E-state index in [0.717, 1.165) is 19.0 Å². The molecule has 0 aromatic rings. The van der Waals surface area contributed by atoms with Gasteiger partial charge in [0.1, 0.15) is 0 Å². The molecule has 0 aliphatic rings. The predicted octanol–water partition coefficient (Wildman–Crippen LogP) is 1.62. The summed E-state index contributed by atoms with van der Waals surface area (Å²) in [5.41, 5.74) is 0. The van der Waals surface area contributed by atoms with E-state index in [1.54, 1.807) is 14.2 Å². The van der Waals surface area contributed by atoms with E-state index in [-0.39, 0.29) is 24.0 Å². The second-order valence-corrected chi connectivity index (χ2v) is 3.74. The van der Waals surface area contributed by atoms with Crippen molar-refractivity contribution >= 4 is 29.9 Å². The number of halogens is 1. The third-order valence-corrected chi connectivity index (χ3v) is 2.27. The Bertz CT molecular complexity index is 192. The fourth-order valence-electron chi connectivity index (χ4n) is 1.29. The van der Waals surface area contributed by atoms with Crippen molar-refractivity contribution in [2.75, 3.05) is 47.1 Å². The first-order valence-corrected chi connectivity index (χ1v) is 6.36. The summed E-state index contributed by atoms with van der Waals surface area (Å²) >= 11 is 0. The number of unbranched alkanes of at least 4 members (excludes halogenated alkanes) is 2. The molecule has 0 heterocycles. The Balaban J connectivity index is 0. The molecule has 2 N–H and O–H groups in total. The van der Waals surface area contributed by atoms with Gasteiger partial charge < -0.3 is 20.1 Å². The highest BCUT2D eigenvalue weighted by atomic mass is 127. The molecule has 0 bridgehead atoms. The van der Waals surface area contributed by atoms with E-state index in [2.05, 4.69) is 22.5 Å². The van der Waals surface area contributed by atoms with E-state index in [9.17, 15) is 0 Å². The fraction of sp³-hybridized carbons (Fsp3) is 0.917. The Kier molecular flexibility index (Phi) is 19.0. The molecule has 0 atom stereocenters.